The standard InChI is InChI=1S/C11H23NO2/c1-9(2)5-6-14-8-11(12,7-13)10-3-4-10/h9-10,13H,3-8,12H2,1-2H3. The van der Waals surface area contributed by atoms with Gasteiger partial charge in [0.05, 0.1) is 18.8 Å². The van der Waals surface area contributed by atoms with Crippen molar-refractivity contribution < 1.29 is 9.84 Å². The summed E-state index contributed by atoms with van der Waals surface area (Å²) in [7, 11) is 0. The van der Waals surface area contributed by atoms with Crippen molar-refractivity contribution in [2.75, 3.05) is 19.8 Å². The van der Waals surface area contributed by atoms with E-state index in [-0.39, 0.29) is 6.61 Å². The molecule has 1 aliphatic carbocycles. The summed E-state index contributed by atoms with van der Waals surface area (Å²) < 4.78 is 5.52. The van der Waals surface area contributed by atoms with Crippen LogP contribution in [0.1, 0.15) is 33.1 Å². The van der Waals surface area contributed by atoms with Crippen LogP contribution in [-0.4, -0.2) is 30.5 Å². The minimum atomic E-state index is -0.475. The Bertz CT molecular complexity index is 169. The Morgan fingerprint density at radius 2 is 2.14 bits per heavy atom. The molecule has 3 heteroatoms. The van der Waals surface area contributed by atoms with Gasteiger partial charge in [-0.2, -0.15) is 0 Å². The average Bonchev–Trinajstić information content (AvgIpc) is 2.95. The molecular weight excluding hydrogens is 178 g/mol. The van der Waals surface area contributed by atoms with Gasteiger partial charge in [0.2, 0.25) is 0 Å². The van der Waals surface area contributed by atoms with E-state index in [4.69, 9.17) is 10.5 Å². The van der Waals surface area contributed by atoms with Crippen LogP contribution in [0.15, 0.2) is 0 Å². The quantitative estimate of drug-likeness (QED) is 0.607. The van der Waals surface area contributed by atoms with Gasteiger partial charge in [0.1, 0.15) is 0 Å². The maximum atomic E-state index is 9.20. The van der Waals surface area contributed by atoms with Gasteiger partial charge in [-0.3, -0.25) is 0 Å². The number of rotatable bonds is 7. The van der Waals surface area contributed by atoms with Crippen LogP contribution < -0.4 is 5.73 Å². The van der Waals surface area contributed by atoms with E-state index in [1.807, 2.05) is 0 Å². The zero-order valence-corrected chi connectivity index (χ0v) is 9.33. The molecule has 0 radical (unpaired) electrons. The molecule has 14 heavy (non-hydrogen) atoms. The second-order valence-corrected chi connectivity index (χ2v) is 4.90. The zero-order valence-electron chi connectivity index (χ0n) is 9.33. The van der Waals surface area contributed by atoms with Crippen molar-refractivity contribution in [1.82, 2.24) is 0 Å². The number of hydrogen-bond acceptors (Lipinski definition) is 3. The molecule has 1 aliphatic rings. The predicted octanol–water partition coefficient (Wildman–Crippen LogP) is 1.15. The van der Waals surface area contributed by atoms with Crippen LogP contribution in [0, 0.1) is 11.8 Å². The lowest BCUT2D eigenvalue weighted by Crippen LogP contribution is -2.50. The second-order valence-electron chi connectivity index (χ2n) is 4.90. The van der Waals surface area contributed by atoms with Gasteiger partial charge in [0, 0.05) is 6.61 Å². The first-order chi connectivity index (χ1) is 6.58. The molecule has 0 amide bonds. The number of ether oxygens (including phenoxy) is 1. The molecule has 0 bridgehead atoms. The van der Waals surface area contributed by atoms with Gasteiger partial charge >= 0.3 is 0 Å². The molecule has 1 saturated carbocycles. The molecule has 0 aliphatic heterocycles. The van der Waals surface area contributed by atoms with Gasteiger partial charge < -0.3 is 15.6 Å². The summed E-state index contributed by atoms with van der Waals surface area (Å²) in [5.41, 5.74) is 5.57. The molecule has 1 unspecified atom stereocenters. The first kappa shape index (κ1) is 12.0. The summed E-state index contributed by atoms with van der Waals surface area (Å²) in [5.74, 6) is 1.14. The molecule has 1 rings (SSSR count). The zero-order chi connectivity index (χ0) is 10.6. The summed E-state index contributed by atoms with van der Waals surface area (Å²) in [6.45, 7) is 5.64. The number of hydrogen-bond donors (Lipinski definition) is 2. The van der Waals surface area contributed by atoms with E-state index in [0.29, 0.717) is 18.4 Å². The summed E-state index contributed by atoms with van der Waals surface area (Å²) >= 11 is 0. The first-order valence-electron chi connectivity index (χ1n) is 5.56. The van der Waals surface area contributed by atoms with Crippen molar-refractivity contribution in [3.8, 4) is 0 Å². The van der Waals surface area contributed by atoms with Gasteiger partial charge in [-0.05, 0) is 31.1 Å². The third-order valence-corrected chi connectivity index (χ3v) is 2.90. The minimum absolute atomic E-state index is 0.0410. The Kier molecular flexibility index (Phi) is 4.35. The first-order valence-corrected chi connectivity index (χ1v) is 5.56. The van der Waals surface area contributed by atoms with Crippen molar-refractivity contribution in [1.29, 1.82) is 0 Å². The van der Waals surface area contributed by atoms with E-state index in [2.05, 4.69) is 13.8 Å². The van der Waals surface area contributed by atoms with Crippen LogP contribution in [-0.2, 0) is 4.74 Å². The Morgan fingerprint density at radius 1 is 1.50 bits per heavy atom. The van der Waals surface area contributed by atoms with Crippen LogP contribution in [0.4, 0.5) is 0 Å². The smallest absolute Gasteiger partial charge is 0.0671 e. The van der Waals surface area contributed by atoms with E-state index < -0.39 is 5.54 Å². The summed E-state index contributed by atoms with van der Waals surface area (Å²) in [6.07, 6.45) is 3.35. The Hall–Kier alpha value is -0.120. The fourth-order valence-corrected chi connectivity index (χ4v) is 1.53. The molecular formula is C11H23NO2. The van der Waals surface area contributed by atoms with E-state index >= 15 is 0 Å². The third-order valence-electron chi connectivity index (χ3n) is 2.90. The predicted molar refractivity (Wildman–Crippen MR) is 57.0 cm³/mol. The summed E-state index contributed by atoms with van der Waals surface area (Å²) in [5, 5.41) is 9.20. The van der Waals surface area contributed by atoms with Crippen LogP contribution in [0.25, 0.3) is 0 Å². The minimum Gasteiger partial charge on any atom is -0.394 e. The number of nitrogens with two attached hydrogens (primary N) is 1. The monoisotopic (exact) mass is 201 g/mol. The highest BCUT2D eigenvalue weighted by Gasteiger charge is 2.41. The highest BCUT2D eigenvalue weighted by Crippen LogP contribution is 2.38. The second kappa shape index (κ2) is 5.10. The van der Waals surface area contributed by atoms with E-state index in [0.717, 1.165) is 25.9 Å². The molecule has 3 N–H and O–H groups in total. The van der Waals surface area contributed by atoms with Gasteiger partial charge in [-0.25, -0.2) is 0 Å². The van der Waals surface area contributed by atoms with Crippen molar-refractivity contribution >= 4 is 0 Å². The van der Waals surface area contributed by atoms with E-state index in [1.165, 1.54) is 0 Å². The van der Waals surface area contributed by atoms with Crippen molar-refractivity contribution in [2.45, 2.75) is 38.6 Å². The van der Waals surface area contributed by atoms with Crippen molar-refractivity contribution in [2.24, 2.45) is 17.6 Å². The number of aliphatic hydroxyl groups is 1. The SMILES string of the molecule is CC(C)CCOCC(N)(CO)C1CC1. The molecule has 0 aromatic carbocycles. The fourth-order valence-electron chi connectivity index (χ4n) is 1.53. The Balaban J connectivity index is 2.14. The van der Waals surface area contributed by atoms with E-state index in [1.54, 1.807) is 0 Å². The van der Waals surface area contributed by atoms with Crippen LogP contribution in [0.3, 0.4) is 0 Å². The lowest BCUT2D eigenvalue weighted by atomic mass is 9.97. The van der Waals surface area contributed by atoms with Crippen molar-refractivity contribution in [3.05, 3.63) is 0 Å². The Labute approximate surface area is 86.6 Å². The van der Waals surface area contributed by atoms with E-state index in [9.17, 15) is 5.11 Å². The Morgan fingerprint density at radius 3 is 2.57 bits per heavy atom. The lowest BCUT2D eigenvalue weighted by molar-refractivity contribution is 0.0401. The largest absolute Gasteiger partial charge is 0.394 e. The molecule has 3 nitrogen and oxygen atoms in total. The molecule has 1 fully saturated rings. The van der Waals surface area contributed by atoms with Crippen LogP contribution >= 0.6 is 0 Å². The lowest BCUT2D eigenvalue weighted by Gasteiger charge is -2.26. The fraction of sp³-hybridized carbons (Fsp3) is 1.00. The normalized spacial score (nSPS) is 21.2. The average molecular weight is 201 g/mol. The molecule has 0 aromatic heterocycles. The van der Waals surface area contributed by atoms with Crippen LogP contribution in [0.2, 0.25) is 0 Å². The highest BCUT2D eigenvalue weighted by atomic mass is 16.5. The van der Waals surface area contributed by atoms with Crippen LogP contribution in [0.5, 0.6) is 0 Å². The molecule has 1 atom stereocenters. The topological polar surface area (TPSA) is 55.5 Å². The summed E-state index contributed by atoms with van der Waals surface area (Å²) in [4.78, 5) is 0. The molecule has 0 saturated heterocycles. The molecule has 0 aromatic rings. The summed E-state index contributed by atoms with van der Waals surface area (Å²) in [6, 6.07) is 0. The molecule has 0 heterocycles. The molecule has 0 spiro atoms. The number of aliphatic hydroxyl groups excluding tert-OH is 1. The van der Waals surface area contributed by atoms with Gasteiger partial charge in [-0.15, -0.1) is 0 Å². The molecule has 84 valence electrons. The van der Waals surface area contributed by atoms with Gasteiger partial charge in [-0.1, -0.05) is 13.8 Å². The van der Waals surface area contributed by atoms with Gasteiger partial charge in [0.15, 0.2) is 0 Å². The maximum Gasteiger partial charge on any atom is 0.0671 e. The highest BCUT2D eigenvalue weighted by molar-refractivity contribution is 4.98. The van der Waals surface area contributed by atoms with Gasteiger partial charge in [0.25, 0.3) is 0 Å². The van der Waals surface area contributed by atoms with Crippen molar-refractivity contribution in [3.63, 3.8) is 0 Å². The third kappa shape index (κ3) is 3.56. The maximum absolute atomic E-state index is 9.20.